The van der Waals surface area contributed by atoms with Crippen molar-refractivity contribution in [3.05, 3.63) is 43.0 Å². The molecule has 2 amide bonds. The van der Waals surface area contributed by atoms with E-state index in [4.69, 9.17) is 4.74 Å². The maximum atomic E-state index is 12.3. The summed E-state index contributed by atoms with van der Waals surface area (Å²) in [7, 11) is 0. The van der Waals surface area contributed by atoms with Crippen LogP contribution in [0.25, 0.3) is 0 Å². The van der Waals surface area contributed by atoms with Gasteiger partial charge in [0.2, 0.25) is 0 Å². The molecule has 0 bridgehead atoms. The van der Waals surface area contributed by atoms with Crippen molar-refractivity contribution < 1.29 is 14.3 Å². The van der Waals surface area contributed by atoms with Crippen LogP contribution in [0.3, 0.4) is 0 Å². The van der Waals surface area contributed by atoms with Crippen molar-refractivity contribution in [2.75, 3.05) is 18.0 Å². The van der Waals surface area contributed by atoms with E-state index in [1.54, 1.807) is 9.80 Å². The van der Waals surface area contributed by atoms with Crippen LogP contribution in [0.1, 0.15) is 33.6 Å². The van der Waals surface area contributed by atoms with Gasteiger partial charge >= 0.3 is 6.09 Å². The second kappa shape index (κ2) is 7.51. The third-order valence-electron chi connectivity index (χ3n) is 3.93. The minimum absolute atomic E-state index is 0.0524. The van der Waals surface area contributed by atoms with Crippen LogP contribution < -0.4 is 4.90 Å². The van der Waals surface area contributed by atoms with E-state index in [0.717, 1.165) is 5.69 Å². The summed E-state index contributed by atoms with van der Waals surface area (Å²) in [5.74, 6) is -0.114. The van der Waals surface area contributed by atoms with Crippen molar-refractivity contribution in [2.24, 2.45) is 0 Å². The molecule has 130 valence electrons. The summed E-state index contributed by atoms with van der Waals surface area (Å²) in [4.78, 5) is 28.0. The number of likely N-dealkylation sites (tertiary alicyclic amines) is 1. The molecule has 1 aliphatic heterocycles. The number of benzene rings is 1. The van der Waals surface area contributed by atoms with E-state index < -0.39 is 5.60 Å². The number of hydrogen-bond acceptors (Lipinski definition) is 3. The van der Waals surface area contributed by atoms with Gasteiger partial charge < -0.3 is 14.5 Å². The van der Waals surface area contributed by atoms with Crippen LogP contribution in [0, 0.1) is 0 Å². The summed E-state index contributed by atoms with van der Waals surface area (Å²) in [6.07, 6.45) is 2.48. The van der Waals surface area contributed by atoms with E-state index in [2.05, 4.69) is 6.58 Å². The van der Waals surface area contributed by atoms with E-state index in [1.165, 1.54) is 6.08 Å². The Morgan fingerprint density at radius 2 is 1.79 bits per heavy atom. The summed E-state index contributed by atoms with van der Waals surface area (Å²) in [6, 6.07) is 9.63. The first-order valence-corrected chi connectivity index (χ1v) is 8.30. The summed E-state index contributed by atoms with van der Waals surface area (Å²) >= 11 is 0. The maximum Gasteiger partial charge on any atom is 0.410 e. The number of para-hydroxylation sites is 1. The third-order valence-corrected chi connectivity index (χ3v) is 3.93. The van der Waals surface area contributed by atoms with E-state index >= 15 is 0 Å². The predicted octanol–water partition coefficient (Wildman–Crippen LogP) is 3.61. The molecule has 0 spiro atoms. The highest BCUT2D eigenvalue weighted by Gasteiger charge is 2.31. The molecule has 5 heteroatoms. The van der Waals surface area contributed by atoms with Crippen LogP contribution in [-0.2, 0) is 9.53 Å². The zero-order valence-electron chi connectivity index (χ0n) is 14.7. The van der Waals surface area contributed by atoms with Gasteiger partial charge in [0.05, 0.1) is 0 Å². The Morgan fingerprint density at radius 1 is 1.21 bits per heavy atom. The number of hydrogen-bond donors (Lipinski definition) is 0. The Kier molecular flexibility index (Phi) is 5.65. The molecular weight excluding hydrogens is 304 g/mol. The largest absolute Gasteiger partial charge is 0.444 e. The Bertz CT molecular complexity index is 584. The minimum Gasteiger partial charge on any atom is -0.444 e. The second-order valence-electron chi connectivity index (χ2n) is 6.95. The molecule has 5 nitrogen and oxygen atoms in total. The van der Waals surface area contributed by atoms with E-state index in [1.807, 2.05) is 51.1 Å². The average molecular weight is 330 g/mol. The summed E-state index contributed by atoms with van der Waals surface area (Å²) in [5, 5.41) is 0. The lowest BCUT2D eigenvalue weighted by Crippen LogP contribution is -2.49. The molecule has 0 saturated carbocycles. The first-order chi connectivity index (χ1) is 11.3. The van der Waals surface area contributed by atoms with Gasteiger partial charge in [-0.3, -0.25) is 4.79 Å². The molecule has 1 saturated heterocycles. The summed E-state index contributed by atoms with van der Waals surface area (Å²) in [5.41, 5.74) is 0.362. The van der Waals surface area contributed by atoms with Crippen LogP contribution >= 0.6 is 0 Å². The maximum absolute atomic E-state index is 12.3. The van der Waals surface area contributed by atoms with Gasteiger partial charge in [0.15, 0.2) is 0 Å². The van der Waals surface area contributed by atoms with E-state index in [0.29, 0.717) is 25.9 Å². The number of piperidine rings is 1. The molecule has 0 aromatic heterocycles. The lowest BCUT2D eigenvalue weighted by atomic mass is 10.0. The molecule has 0 unspecified atom stereocenters. The number of anilines is 1. The molecule has 2 rings (SSSR count). The lowest BCUT2D eigenvalue weighted by molar-refractivity contribution is -0.114. The number of carbonyl (C=O) groups is 2. The van der Waals surface area contributed by atoms with Gasteiger partial charge in [0, 0.05) is 24.8 Å². The molecular formula is C19H26N2O3. The van der Waals surface area contributed by atoms with Gasteiger partial charge in [0.25, 0.3) is 5.91 Å². The first-order valence-electron chi connectivity index (χ1n) is 8.30. The predicted molar refractivity (Wildman–Crippen MR) is 95.0 cm³/mol. The van der Waals surface area contributed by atoms with Crippen LogP contribution in [-0.4, -0.2) is 41.6 Å². The van der Waals surface area contributed by atoms with Crippen molar-refractivity contribution in [3.8, 4) is 0 Å². The van der Waals surface area contributed by atoms with Crippen molar-refractivity contribution >= 4 is 17.7 Å². The van der Waals surface area contributed by atoms with Gasteiger partial charge in [-0.1, -0.05) is 24.8 Å². The van der Waals surface area contributed by atoms with Gasteiger partial charge in [-0.2, -0.15) is 0 Å². The second-order valence-corrected chi connectivity index (χ2v) is 6.95. The van der Waals surface area contributed by atoms with Gasteiger partial charge in [-0.25, -0.2) is 4.79 Å². The van der Waals surface area contributed by atoms with Gasteiger partial charge in [-0.15, -0.1) is 0 Å². The molecule has 0 N–H and O–H groups in total. The molecule has 0 aliphatic carbocycles. The fourth-order valence-electron chi connectivity index (χ4n) is 2.84. The monoisotopic (exact) mass is 330 g/mol. The fraction of sp³-hybridized carbons (Fsp3) is 0.474. The Labute approximate surface area is 143 Å². The molecule has 0 atom stereocenters. The number of rotatable bonds is 3. The third kappa shape index (κ3) is 4.60. The highest BCUT2D eigenvalue weighted by atomic mass is 16.6. The average Bonchev–Trinajstić information content (AvgIpc) is 2.55. The fourth-order valence-corrected chi connectivity index (χ4v) is 2.84. The zero-order valence-corrected chi connectivity index (χ0v) is 14.7. The number of nitrogens with zero attached hydrogens (tertiary/aromatic N) is 2. The van der Waals surface area contributed by atoms with Gasteiger partial charge in [0.1, 0.15) is 5.60 Å². The standard InChI is InChI=1S/C19H26N2O3/c1-5-17(22)21(15-9-7-6-8-10-15)16-11-13-20(14-12-16)18(23)24-19(2,3)4/h5-10,16H,1,11-14H2,2-4H3. The summed E-state index contributed by atoms with van der Waals surface area (Å²) in [6.45, 7) is 10.3. The minimum atomic E-state index is -0.497. The molecule has 0 radical (unpaired) electrons. The van der Waals surface area contributed by atoms with Crippen molar-refractivity contribution in [3.63, 3.8) is 0 Å². The van der Waals surface area contributed by atoms with Crippen molar-refractivity contribution in [1.82, 2.24) is 4.90 Å². The van der Waals surface area contributed by atoms with E-state index in [-0.39, 0.29) is 18.0 Å². The number of carbonyl (C=O) groups excluding carboxylic acids is 2. The van der Waals surface area contributed by atoms with E-state index in [9.17, 15) is 9.59 Å². The lowest BCUT2D eigenvalue weighted by Gasteiger charge is -2.38. The number of amides is 2. The Morgan fingerprint density at radius 3 is 2.29 bits per heavy atom. The molecule has 1 aromatic carbocycles. The Hall–Kier alpha value is -2.30. The highest BCUT2D eigenvalue weighted by molar-refractivity contribution is 6.01. The molecule has 1 fully saturated rings. The molecule has 1 aromatic rings. The van der Waals surface area contributed by atoms with Crippen LogP contribution in [0.15, 0.2) is 43.0 Å². The van der Waals surface area contributed by atoms with Gasteiger partial charge in [-0.05, 0) is 51.8 Å². The molecule has 24 heavy (non-hydrogen) atoms. The smallest absolute Gasteiger partial charge is 0.410 e. The van der Waals surface area contributed by atoms with Crippen LogP contribution in [0.5, 0.6) is 0 Å². The molecule has 1 aliphatic rings. The Balaban J connectivity index is 2.04. The SMILES string of the molecule is C=CC(=O)N(c1ccccc1)C1CCN(C(=O)OC(C)(C)C)CC1. The quantitative estimate of drug-likeness (QED) is 0.796. The van der Waals surface area contributed by atoms with Crippen LogP contribution in [0.2, 0.25) is 0 Å². The number of ether oxygens (including phenoxy) is 1. The normalized spacial score (nSPS) is 15.7. The molecule has 1 heterocycles. The van der Waals surface area contributed by atoms with Crippen molar-refractivity contribution in [1.29, 1.82) is 0 Å². The topological polar surface area (TPSA) is 49.9 Å². The van der Waals surface area contributed by atoms with Crippen molar-refractivity contribution in [2.45, 2.75) is 45.3 Å². The summed E-state index contributed by atoms with van der Waals surface area (Å²) < 4.78 is 5.42. The zero-order chi connectivity index (χ0) is 17.7. The highest BCUT2D eigenvalue weighted by Crippen LogP contribution is 2.25. The van der Waals surface area contributed by atoms with Crippen LogP contribution in [0.4, 0.5) is 10.5 Å². The first kappa shape index (κ1) is 18.0.